The molecule has 0 radical (unpaired) electrons. The molecule has 0 amide bonds. The van der Waals surface area contributed by atoms with Gasteiger partial charge in [0.25, 0.3) is 0 Å². The fourth-order valence-corrected chi connectivity index (χ4v) is 6.96. The third kappa shape index (κ3) is 5.67. The number of anilines is 4. The minimum absolute atomic E-state index is 0.0473. The highest BCUT2D eigenvalue weighted by Crippen LogP contribution is 2.45. The molecule has 5 heteroatoms. The molecule has 1 aliphatic heterocycles. The maximum Gasteiger partial charge on any atom is 0.137 e. The lowest BCUT2D eigenvalue weighted by Crippen LogP contribution is -2.24. The molecule has 3 heterocycles. The molecule has 0 atom stereocenters. The molecule has 250 valence electrons. The van der Waals surface area contributed by atoms with Gasteiger partial charge in [0, 0.05) is 44.6 Å². The third-order valence-electron chi connectivity index (χ3n) is 9.71. The topological polar surface area (TPSA) is 33.5 Å². The summed E-state index contributed by atoms with van der Waals surface area (Å²) in [5.41, 5.74) is 8.84. The molecule has 5 nitrogen and oxygen atoms in total. The zero-order chi connectivity index (χ0) is 37.3. The Morgan fingerprint density at radius 3 is 1.92 bits per heavy atom. The van der Waals surface area contributed by atoms with Gasteiger partial charge in [0.2, 0.25) is 0 Å². The van der Waals surface area contributed by atoms with E-state index in [0.717, 1.165) is 55.9 Å². The summed E-state index contributed by atoms with van der Waals surface area (Å²) in [5, 5.41) is 1.94. The highest BCUT2D eigenvalue weighted by atomic mass is 16.5. The number of nitrogens with zero attached hydrogens (tertiary/aromatic N) is 4. The highest BCUT2D eigenvalue weighted by Gasteiger charge is 2.29. The average molecular weight is 660 g/mol. The van der Waals surface area contributed by atoms with Gasteiger partial charge in [-0.15, -0.1) is 0 Å². The first-order valence-corrected chi connectivity index (χ1v) is 17.2. The van der Waals surface area contributed by atoms with Crippen LogP contribution < -0.4 is 14.5 Å². The molecule has 0 spiro atoms. The molecule has 0 saturated heterocycles. The Kier molecular flexibility index (Phi) is 6.68. The quantitative estimate of drug-likeness (QED) is 0.184. The van der Waals surface area contributed by atoms with Crippen molar-refractivity contribution in [3.8, 4) is 17.3 Å². The molecule has 2 aromatic heterocycles. The molecular formula is C45H44N4O. The molecule has 50 heavy (non-hydrogen) atoms. The number of fused-ring (bicyclic) bond motifs is 4. The monoisotopic (exact) mass is 659 g/mol. The first-order chi connectivity index (χ1) is 25.1. The second-order valence-electron chi connectivity index (χ2n) is 15.3. The van der Waals surface area contributed by atoms with Gasteiger partial charge in [-0.05, 0) is 101 Å². The predicted octanol–water partition coefficient (Wildman–Crippen LogP) is 12.1. The van der Waals surface area contributed by atoms with Crippen molar-refractivity contribution in [3.05, 3.63) is 144 Å². The van der Waals surface area contributed by atoms with Gasteiger partial charge in [0.05, 0.1) is 22.4 Å². The van der Waals surface area contributed by atoms with E-state index in [2.05, 4.69) is 129 Å². The van der Waals surface area contributed by atoms with E-state index in [1.54, 1.807) is 12.1 Å². The second-order valence-corrected chi connectivity index (χ2v) is 15.3. The zero-order valence-corrected chi connectivity index (χ0v) is 29.5. The maximum absolute atomic E-state index is 8.12. The van der Waals surface area contributed by atoms with Crippen LogP contribution in [0, 0.1) is 6.85 Å². The lowest BCUT2D eigenvalue weighted by Gasteiger charge is -2.25. The lowest BCUT2D eigenvalue weighted by atomic mass is 9.87. The van der Waals surface area contributed by atoms with Crippen molar-refractivity contribution in [2.45, 2.75) is 59.2 Å². The Morgan fingerprint density at radius 2 is 1.22 bits per heavy atom. The highest BCUT2D eigenvalue weighted by molar-refractivity contribution is 6.09. The standard InChI is InChI=1S/C45H44N4O/c1-30-18-20-37-38-21-19-36(28-42(38)49(41(37)24-30)43-26-32(22-23-46-43)45(5,6)7)50-35-15-11-14-34(27-35)48-29-47(39-16-8-9-17-40(39)48)33-13-10-12-31(25-33)44(2,3)4/h8-28H,29H2,1-7H3/i1D3. The Labute approximate surface area is 299 Å². The third-order valence-corrected chi connectivity index (χ3v) is 9.71. The summed E-state index contributed by atoms with van der Waals surface area (Å²) in [5.74, 6) is 2.11. The summed E-state index contributed by atoms with van der Waals surface area (Å²) in [6.07, 6.45) is 1.83. The van der Waals surface area contributed by atoms with Gasteiger partial charge in [0.1, 0.15) is 24.0 Å². The van der Waals surface area contributed by atoms with E-state index >= 15 is 0 Å². The van der Waals surface area contributed by atoms with Gasteiger partial charge in [-0.1, -0.05) is 84.0 Å². The molecule has 7 aromatic rings. The molecule has 0 N–H and O–H groups in total. The maximum atomic E-state index is 8.12. The van der Waals surface area contributed by atoms with Gasteiger partial charge in [0.15, 0.2) is 0 Å². The summed E-state index contributed by atoms with van der Waals surface area (Å²) < 4.78 is 33.0. The van der Waals surface area contributed by atoms with Gasteiger partial charge in [-0.3, -0.25) is 4.57 Å². The lowest BCUT2D eigenvalue weighted by molar-refractivity contribution is 0.483. The summed E-state index contributed by atoms with van der Waals surface area (Å²) in [6.45, 7) is 11.7. The van der Waals surface area contributed by atoms with Crippen molar-refractivity contribution < 1.29 is 8.85 Å². The second kappa shape index (κ2) is 11.8. The molecule has 0 saturated carbocycles. The first kappa shape index (κ1) is 28.3. The molecule has 8 rings (SSSR count). The number of hydrogen-bond acceptors (Lipinski definition) is 4. The smallest absolute Gasteiger partial charge is 0.137 e. The number of aromatic nitrogens is 2. The van der Waals surface area contributed by atoms with Crippen molar-refractivity contribution in [2.75, 3.05) is 16.5 Å². The van der Waals surface area contributed by atoms with Gasteiger partial charge < -0.3 is 14.5 Å². The number of rotatable bonds is 5. The van der Waals surface area contributed by atoms with Gasteiger partial charge >= 0.3 is 0 Å². The largest absolute Gasteiger partial charge is 0.457 e. The van der Waals surface area contributed by atoms with Crippen LogP contribution in [0.25, 0.3) is 27.6 Å². The summed E-state index contributed by atoms with van der Waals surface area (Å²) in [4.78, 5) is 9.48. The van der Waals surface area contributed by atoms with E-state index in [0.29, 0.717) is 23.7 Å². The average Bonchev–Trinajstić information content (AvgIpc) is 3.66. The number of benzene rings is 5. The SMILES string of the molecule is [2H]C([2H])([2H])c1ccc2c3ccc(Oc4cccc(N5CN(c6cccc(C(C)(C)C)c6)c6ccccc65)c4)cc3n(-c3cc(C(C)(C)C)ccn3)c2c1. The van der Waals surface area contributed by atoms with Gasteiger partial charge in [-0.2, -0.15) is 0 Å². The molecule has 0 fully saturated rings. The van der Waals surface area contributed by atoms with Crippen LogP contribution in [0.5, 0.6) is 11.5 Å². The van der Waals surface area contributed by atoms with Crippen molar-refractivity contribution in [2.24, 2.45) is 0 Å². The fraction of sp³-hybridized carbons (Fsp3) is 0.222. The molecule has 0 bridgehead atoms. The fourth-order valence-electron chi connectivity index (χ4n) is 6.96. The molecule has 0 unspecified atom stereocenters. The van der Waals surface area contributed by atoms with E-state index in [1.807, 2.05) is 42.6 Å². The van der Waals surface area contributed by atoms with Crippen molar-refractivity contribution in [1.82, 2.24) is 9.55 Å². The number of ether oxygens (including phenoxy) is 1. The minimum Gasteiger partial charge on any atom is -0.457 e. The first-order valence-electron chi connectivity index (χ1n) is 18.7. The van der Waals surface area contributed by atoms with E-state index in [4.69, 9.17) is 13.8 Å². The number of para-hydroxylation sites is 2. The van der Waals surface area contributed by atoms with E-state index in [1.165, 1.54) is 5.56 Å². The predicted molar refractivity (Wildman–Crippen MR) is 209 cm³/mol. The Bertz CT molecular complexity index is 2500. The molecule has 1 aliphatic rings. The van der Waals surface area contributed by atoms with E-state index < -0.39 is 6.85 Å². The zero-order valence-electron chi connectivity index (χ0n) is 32.5. The van der Waals surface area contributed by atoms with Crippen LogP contribution in [0.2, 0.25) is 0 Å². The van der Waals surface area contributed by atoms with Crippen molar-refractivity contribution >= 4 is 44.6 Å². The molecular weight excluding hydrogens is 613 g/mol. The number of aryl methyl sites for hydroxylation is 1. The summed E-state index contributed by atoms with van der Waals surface area (Å²) >= 11 is 0. The summed E-state index contributed by atoms with van der Waals surface area (Å²) in [7, 11) is 0. The van der Waals surface area contributed by atoms with Crippen LogP contribution >= 0.6 is 0 Å². The van der Waals surface area contributed by atoms with Gasteiger partial charge in [-0.25, -0.2) is 4.98 Å². The Morgan fingerprint density at radius 1 is 0.600 bits per heavy atom. The molecule has 5 aromatic carbocycles. The summed E-state index contributed by atoms with van der Waals surface area (Å²) in [6, 6.07) is 41.1. The van der Waals surface area contributed by atoms with E-state index in [-0.39, 0.29) is 10.8 Å². The van der Waals surface area contributed by atoms with Crippen LogP contribution in [0.4, 0.5) is 22.7 Å². The van der Waals surface area contributed by atoms with E-state index in [9.17, 15) is 0 Å². The Hall–Kier alpha value is -5.55. The number of hydrogen-bond donors (Lipinski definition) is 0. The minimum atomic E-state index is -2.24. The van der Waals surface area contributed by atoms with Crippen LogP contribution in [0.1, 0.15) is 62.3 Å². The normalized spacial score (nSPS) is 14.5. The van der Waals surface area contributed by atoms with Crippen molar-refractivity contribution in [3.63, 3.8) is 0 Å². The van der Waals surface area contributed by atoms with Crippen LogP contribution in [0.3, 0.4) is 0 Å². The molecule has 0 aliphatic carbocycles. The Balaban J connectivity index is 1.18. The van der Waals surface area contributed by atoms with Crippen LogP contribution in [-0.2, 0) is 10.8 Å². The van der Waals surface area contributed by atoms with Crippen molar-refractivity contribution in [1.29, 1.82) is 0 Å². The van der Waals surface area contributed by atoms with Crippen LogP contribution in [-0.4, -0.2) is 16.2 Å². The van der Waals surface area contributed by atoms with Crippen LogP contribution in [0.15, 0.2) is 128 Å². The number of pyridine rings is 1.